The van der Waals surface area contributed by atoms with Gasteiger partial charge in [0, 0.05) is 11.3 Å². The van der Waals surface area contributed by atoms with Gasteiger partial charge in [0.2, 0.25) is 21.8 Å². The molecule has 1 unspecified atom stereocenters. The van der Waals surface area contributed by atoms with Gasteiger partial charge in [-0.15, -0.1) is 0 Å². The second kappa shape index (κ2) is 11.0. The number of hydrogen-bond donors (Lipinski definition) is 5. The van der Waals surface area contributed by atoms with E-state index < -0.39 is 15.9 Å². The third-order valence-corrected chi connectivity index (χ3v) is 5.97. The number of carbonyl (C=O) groups excluding carboxylic acids is 2. The summed E-state index contributed by atoms with van der Waals surface area (Å²) in [6, 6.07) is 14.1. The molecule has 0 saturated heterocycles. The molecule has 2 aromatic rings. The zero-order chi connectivity index (χ0) is 25.6. The molecule has 0 radical (unpaired) electrons. The van der Waals surface area contributed by atoms with Crippen LogP contribution in [-0.2, 0) is 19.6 Å². The minimum Gasteiger partial charge on any atom is -0.384 e. The number of benzene rings is 2. The summed E-state index contributed by atoms with van der Waals surface area (Å²) >= 11 is 0. The van der Waals surface area contributed by atoms with E-state index in [9.17, 15) is 18.0 Å². The number of sulfonamides is 1. The van der Waals surface area contributed by atoms with Gasteiger partial charge in [0.15, 0.2) is 0 Å². The van der Waals surface area contributed by atoms with E-state index in [4.69, 9.17) is 11.1 Å². The van der Waals surface area contributed by atoms with Crippen LogP contribution in [0.4, 0.5) is 5.69 Å². The van der Waals surface area contributed by atoms with E-state index in [0.717, 1.165) is 22.9 Å². The van der Waals surface area contributed by atoms with Crippen LogP contribution in [0.5, 0.6) is 0 Å². The Balaban J connectivity index is 1.55. The molecule has 9 nitrogen and oxygen atoms in total. The molecule has 35 heavy (non-hydrogen) atoms. The number of anilines is 1. The maximum absolute atomic E-state index is 12.4. The minimum atomic E-state index is -3.34. The van der Waals surface area contributed by atoms with Crippen molar-refractivity contribution in [3.63, 3.8) is 0 Å². The Morgan fingerprint density at radius 2 is 1.83 bits per heavy atom. The Morgan fingerprint density at radius 1 is 1.11 bits per heavy atom. The van der Waals surface area contributed by atoms with Crippen molar-refractivity contribution in [2.45, 2.75) is 31.8 Å². The fourth-order valence-corrected chi connectivity index (χ4v) is 4.20. The molecule has 3 rings (SSSR count). The maximum Gasteiger partial charge on any atom is 0.229 e. The molecule has 1 aliphatic rings. The van der Waals surface area contributed by atoms with Crippen molar-refractivity contribution in [1.82, 2.24) is 10.6 Å². The number of amidine groups is 1. The van der Waals surface area contributed by atoms with E-state index in [-0.39, 0.29) is 30.2 Å². The number of hydrogen-bond acceptors (Lipinski definition) is 5. The second-order valence-electron chi connectivity index (χ2n) is 8.38. The summed E-state index contributed by atoms with van der Waals surface area (Å²) in [5.41, 5.74) is 9.21. The third kappa shape index (κ3) is 7.82. The molecule has 2 atom stereocenters. The lowest BCUT2D eigenvalue weighted by molar-refractivity contribution is -0.129. The summed E-state index contributed by atoms with van der Waals surface area (Å²) in [6.07, 6.45) is 6.52. The average Bonchev–Trinajstić information content (AvgIpc) is 2.78. The van der Waals surface area contributed by atoms with Gasteiger partial charge in [0.1, 0.15) is 12.3 Å². The van der Waals surface area contributed by atoms with Gasteiger partial charge in [-0.2, -0.15) is 0 Å². The van der Waals surface area contributed by atoms with Crippen LogP contribution in [0.15, 0.2) is 72.3 Å². The van der Waals surface area contributed by atoms with E-state index >= 15 is 0 Å². The molecule has 184 valence electrons. The SMILES string of the molecule is C[C@H](NC(=O)CC(=O)NC1C=CC(C(=N)N)=CC1)c1cccc(-c2ccc(NS(C)(=O)=O)cc2)c1. The van der Waals surface area contributed by atoms with Crippen molar-refractivity contribution in [1.29, 1.82) is 5.41 Å². The smallest absolute Gasteiger partial charge is 0.229 e. The molecular formula is C25H29N5O4S. The van der Waals surface area contributed by atoms with Crippen molar-refractivity contribution < 1.29 is 18.0 Å². The first-order valence-electron chi connectivity index (χ1n) is 11.0. The van der Waals surface area contributed by atoms with Crippen molar-refractivity contribution in [3.8, 4) is 11.1 Å². The number of rotatable bonds is 9. The van der Waals surface area contributed by atoms with Crippen LogP contribution < -0.4 is 21.1 Å². The number of carbonyl (C=O) groups is 2. The molecule has 2 aromatic carbocycles. The maximum atomic E-state index is 12.4. The molecule has 0 aromatic heterocycles. The monoisotopic (exact) mass is 495 g/mol. The van der Waals surface area contributed by atoms with Crippen molar-refractivity contribution in [2.24, 2.45) is 5.73 Å². The fraction of sp³-hybridized carbons (Fsp3) is 0.240. The van der Waals surface area contributed by atoms with Crippen LogP contribution in [0.2, 0.25) is 0 Å². The van der Waals surface area contributed by atoms with Crippen LogP contribution >= 0.6 is 0 Å². The van der Waals surface area contributed by atoms with Gasteiger partial charge in [-0.1, -0.05) is 48.6 Å². The Labute approximate surface area is 205 Å². The van der Waals surface area contributed by atoms with E-state index in [1.54, 1.807) is 30.4 Å². The van der Waals surface area contributed by atoms with Gasteiger partial charge in [0.05, 0.1) is 18.3 Å². The summed E-state index contributed by atoms with van der Waals surface area (Å²) in [5.74, 6) is -0.804. The van der Waals surface area contributed by atoms with Gasteiger partial charge in [0.25, 0.3) is 0 Å². The quantitative estimate of drug-likeness (QED) is 0.205. The van der Waals surface area contributed by atoms with Gasteiger partial charge >= 0.3 is 0 Å². The summed E-state index contributed by atoms with van der Waals surface area (Å²) in [6.45, 7) is 1.84. The van der Waals surface area contributed by atoms with Gasteiger partial charge < -0.3 is 16.4 Å². The largest absolute Gasteiger partial charge is 0.384 e. The summed E-state index contributed by atoms with van der Waals surface area (Å²) < 4.78 is 25.2. The van der Waals surface area contributed by atoms with E-state index in [1.807, 2.05) is 43.3 Å². The molecule has 0 saturated carbocycles. The average molecular weight is 496 g/mol. The summed E-state index contributed by atoms with van der Waals surface area (Å²) in [7, 11) is -3.34. The first kappa shape index (κ1) is 25.7. The topological polar surface area (TPSA) is 154 Å². The highest BCUT2D eigenvalue weighted by Gasteiger charge is 2.17. The van der Waals surface area contributed by atoms with Crippen LogP contribution in [0.1, 0.15) is 31.4 Å². The van der Waals surface area contributed by atoms with Gasteiger partial charge in [-0.3, -0.25) is 19.7 Å². The first-order chi connectivity index (χ1) is 16.5. The van der Waals surface area contributed by atoms with Crippen LogP contribution in [0.25, 0.3) is 11.1 Å². The predicted octanol–water partition coefficient (Wildman–Crippen LogP) is 2.60. The molecular weight excluding hydrogens is 466 g/mol. The molecule has 10 heteroatoms. The highest BCUT2D eigenvalue weighted by atomic mass is 32.2. The lowest BCUT2D eigenvalue weighted by atomic mass is 10.00. The van der Waals surface area contributed by atoms with Crippen molar-refractivity contribution in [3.05, 3.63) is 77.9 Å². The lowest BCUT2D eigenvalue weighted by Gasteiger charge is -2.18. The van der Waals surface area contributed by atoms with Gasteiger partial charge in [-0.25, -0.2) is 8.42 Å². The van der Waals surface area contributed by atoms with Crippen molar-refractivity contribution in [2.75, 3.05) is 11.0 Å². The fourth-order valence-electron chi connectivity index (χ4n) is 3.64. The third-order valence-electron chi connectivity index (χ3n) is 5.36. The van der Waals surface area contributed by atoms with E-state index in [0.29, 0.717) is 17.7 Å². The van der Waals surface area contributed by atoms with E-state index in [2.05, 4.69) is 15.4 Å². The Morgan fingerprint density at radius 3 is 2.43 bits per heavy atom. The molecule has 0 aliphatic heterocycles. The summed E-state index contributed by atoms with van der Waals surface area (Å²) in [5, 5.41) is 13.1. The van der Waals surface area contributed by atoms with Crippen molar-refractivity contribution >= 4 is 33.4 Å². The molecule has 0 heterocycles. The number of nitrogens with one attached hydrogen (secondary N) is 4. The lowest BCUT2D eigenvalue weighted by Crippen LogP contribution is -2.38. The minimum absolute atomic E-state index is 0.0237. The Bertz CT molecular complexity index is 1280. The molecule has 0 bridgehead atoms. The van der Waals surface area contributed by atoms with Crippen LogP contribution in [0, 0.1) is 5.41 Å². The summed E-state index contributed by atoms with van der Waals surface area (Å²) in [4.78, 5) is 24.7. The molecule has 0 spiro atoms. The zero-order valence-electron chi connectivity index (χ0n) is 19.5. The predicted molar refractivity (Wildman–Crippen MR) is 137 cm³/mol. The van der Waals surface area contributed by atoms with Crippen LogP contribution in [0.3, 0.4) is 0 Å². The number of amides is 2. The Kier molecular flexibility index (Phi) is 8.08. The van der Waals surface area contributed by atoms with Crippen LogP contribution in [-0.4, -0.2) is 38.4 Å². The van der Waals surface area contributed by atoms with E-state index in [1.165, 1.54) is 0 Å². The molecule has 1 aliphatic carbocycles. The molecule has 0 fully saturated rings. The molecule has 2 amide bonds. The number of nitrogens with two attached hydrogens (primary N) is 1. The highest BCUT2D eigenvalue weighted by molar-refractivity contribution is 7.92. The van der Waals surface area contributed by atoms with Gasteiger partial charge in [-0.05, 0) is 48.2 Å². The second-order valence-corrected chi connectivity index (χ2v) is 10.1. The Hall–Kier alpha value is -3.92. The first-order valence-corrected chi connectivity index (χ1v) is 12.9. The zero-order valence-corrected chi connectivity index (χ0v) is 20.4. The highest BCUT2D eigenvalue weighted by Crippen LogP contribution is 2.25. The normalized spacial score (nSPS) is 16.1. The standard InChI is InChI=1S/C25H29N5O4S/c1-16(28-23(31)15-24(32)29-21-10-8-18(9-11-21)25(26)27)19-4-3-5-20(14-19)17-6-12-22(13-7-17)30-35(2,33)34/h3-10,12-14,16,21,30H,11,15H2,1-2H3,(H3,26,27)(H,28,31)(H,29,32)/t16-,21?/m0/s1. The molecule has 6 N–H and O–H groups in total.